The maximum atomic E-state index is 13.1. The fourth-order valence-corrected chi connectivity index (χ4v) is 5.42. The van der Waals surface area contributed by atoms with Gasteiger partial charge in [-0.3, -0.25) is 0 Å². The van der Waals surface area contributed by atoms with E-state index in [-0.39, 0.29) is 12.1 Å². The van der Waals surface area contributed by atoms with Gasteiger partial charge >= 0.3 is 0 Å². The Morgan fingerprint density at radius 3 is 1.76 bits per heavy atom. The minimum absolute atomic E-state index is 0.207. The van der Waals surface area contributed by atoms with Crippen molar-refractivity contribution in [2.45, 2.75) is 63.5 Å². The van der Waals surface area contributed by atoms with Crippen molar-refractivity contribution in [3.05, 3.63) is 0 Å². The molecule has 0 bridgehead atoms. The van der Waals surface area contributed by atoms with Gasteiger partial charge in [0.15, 0.2) is 0 Å². The maximum Gasteiger partial charge on any atom is 0.282 e. The number of likely N-dealkylation sites (N-methyl/N-ethyl adjacent to an activating group) is 1. The molecule has 0 aromatic carbocycles. The summed E-state index contributed by atoms with van der Waals surface area (Å²) in [6.45, 7) is 1.39. The third kappa shape index (κ3) is 4.18. The van der Waals surface area contributed by atoms with E-state index in [1.807, 2.05) is 14.1 Å². The van der Waals surface area contributed by atoms with Crippen LogP contribution in [-0.2, 0) is 10.2 Å². The zero-order valence-corrected chi connectivity index (χ0v) is 14.6. The lowest BCUT2D eigenvalue weighted by atomic mass is 10.2. The fourth-order valence-electron chi connectivity index (χ4n) is 3.60. The average Bonchev–Trinajstić information content (AvgIpc) is 3.10. The molecule has 0 aliphatic heterocycles. The predicted molar refractivity (Wildman–Crippen MR) is 86.5 cm³/mol. The van der Waals surface area contributed by atoms with Gasteiger partial charge in [-0.1, -0.05) is 25.7 Å². The Hall–Kier alpha value is -0.170. The van der Waals surface area contributed by atoms with Crippen LogP contribution in [0.4, 0.5) is 0 Å². The minimum Gasteiger partial charge on any atom is -0.308 e. The first kappa shape index (κ1) is 17.2. The van der Waals surface area contributed by atoms with Crippen molar-refractivity contribution >= 4 is 10.2 Å². The lowest BCUT2D eigenvalue weighted by molar-refractivity contribution is 0.252. The van der Waals surface area contributed by atoms with Gasteiger partial charge in [0.2, 0.25) is 0 Å². The third-order valence-electron chi connectivity index (χ3n) is 5.00. The summed E-state index contributed by atoms with van der Waals surface area (Å²) in [6, 6.07) is 0.414. The Bertz CT molecular complexity index is 413. The van der Waals surface area contributed by atoms with Crippen LogP contribution < -0.4 is 0 Å². The van der Waals surface area contributed by atoms with Crippen molar-refractivity contribution in [1.29, 1.82) is 0 Å². The molecule has 0 heterocycles. The summed E-state index contributed by atoms with van der Waals surface area (Å²) in [4.78, 5) is 2.06. The molecule has 2 fully saturated rings. The van der Waals surface area contributed by atoms with E-state index < -0.39 is 10.2 Å². The SMILES string of the molecule is CN(C)CCN(C1CCCC1)S(=O)(=O)N(C)C1CCCC1. The summed E-state index contributed by atoms with van der Waals surface area (Å²) in [5.74, 6) is 0. The minimum atomic E-state index is -3.32. The van der Waals surface area contributed by atoms with Crippen molar-refractivity contribution < 1.29 is 8.42 Å². The largest absolute Gasteiger partial charge is 0.308 e. The van der Waals surface area contributed by atoms with Crippen LogP contribution in [0.3, 0.4) is 0 Å². The summed E-state index contributed by atoms with van der Waals surface area (Å²) < 4.78 is 29.6. The first-order valence-corrected chi connectivity index (χ1v) is 9.72. The molecular weight excluding hydrogens is 286 g/mol. The average molecular weight is 317 g/mol. The van der Waals surface area contributed by atoms with Gasteiger partial charge in [-0.2, -0.15) is 17.0 Å². The standard InChI is InChI=1S/C15H31N3O2S/c1-16(2)12-13-18(15-10-6-7-11-15)21(19,20)17(3)14-8-4-5-9-14/h14-15H,4-13H2,1-3H3. The van der Waals surface area contributed by atoms with Crippen molar-refractivity contribution in [1.82, 2.24) is 13.5 Å². The van der Waals surface area contributed by atoms with E-state index in [0.717, 1.165) is 57.9 Å². The lowest BCUT2D eigenvalue weighted by Gasteiger charge is -2.35. The molecule has 0 aromatic rings. The van der Waals surface area contributed by atoms with Crippen LogP contribution >= 0.6 is 0 Å². The molecule has 0 saturated heterocycles. The zero-order valence-electron chi connectivity index (χ0n) is 13.8. The van der Waals surface area contributed by atoms with Crippen LogP contribution in [0.2, 0.25) is 0 Å². The van der Waals surface area contributed by atoms with Crippen LogP contribution in [0, 0.1) is 0 Å². The summed E-state index contributed by atoms with van der Waals surface area (Å²) in [6.07, 6.45) is 8.70. The monoisotopic (exact) mass is 317 g/mol. The Morgan fingerprint density at radius 2 is 1.29 bits per heavy atom. The smallest absolute Gasteiger partial charge is 0.282 e. The molecule has 0 radical (unpaired) electrons. The first-order valence-electron chi connectivity index (χ1n) is 8.32. The van der Waals surface area contributed by atoms with Gasteiger partial charge < -0.3 is 4.90 Å². The van der Waals surface area contributed by atoms with Crippen LogP contribution in [0.25, 0.3) is 0 Å². The van der Waals surface area contributed by atoms with Crippen LogP contribution in [0.1, 0.15) is 51.4 Å². The number of nitrogens with zero attached hydrogens (tertiary/aromatic N) is 3. The summed E-state index contributed by atoms with van der Waals surface area (Å²) >= 11 is 0. The highest BCUT2D eigenvalue weighted by atomic mass is 32.2. The molecule has 0 atom stereocenters. The molecule has 21 heavy (non-hydrogen) atoms. The molecule has 124 valence electrons. The molecule has 2 rings (SSSR count). The van der Waals surface area contributed by atoms with Crippen molar-refractivity contribution in [3.63, 3.8) is 0 Å². The van der Waals surface area contributed by atoms with E-state index in [4.69, 9.17) is 0 Å². The molecule has 0 unspecified atom stereocenters. The van der Waals surface area contributed by atoms with E-state index >= 15 is 0 Å². The fraction of sp³-hybridized carbons (Fsp3) is 1.00. The molecule has 2 aliphatic rings. The molecule has 0 amide bonds. The third-order valence-corrected chi connectivity index (χ3v) is 7.10. The van der Waals surface area contributed by atoms with Gasteiger partial charge in [-0.15, -0.1) is 0 Å². The van der Waals surface area contributed by atoms with Crippen molar-refractivity contribution in [2.24, 2.45) is 0 Å². The van der Waals surface area contributed by atoms with Gasteiger partial charge in [0.25, 0.3) is 10.2 Å². The second-order valence-corrected chi connectivity index (χ2v) is 8.76. The molecular formula is C15H31N3O2S. The molecule has 0 spiro atoms. The van der Waals surface area contributed by atoms with E-state index in [2.05, 4.69) is 4.90 Å². The lowest BCUT2D eigenvalue weighted by Crippen LogP contribution is -2.51. The van der Waals surface area contributed by atoms with Gasteiger partial charge in [-0.05, 0) is 39.8 Å². The number of rotatable bonds is 7. The van der Waals surface area contributed by atoms with Crippen molar-refractivity contribution in [3.8, 4) is 0 Å². The molecule has 5 nitrogen and oxygen atoms in total. The Kier molecular flexibility index (Phi) is 6.05. The van der Waals surface area contributed by atoms with E-state index in [9.17, 15) is 8.42 Å². The topological polar surface area (TPSA) is 43.9 Å². The normalized spacial score (nSPS) is 22.2. The number of hydrogen-bond acceptors (Lipinski definition) is 3. The highest BCUT2D eigenvalue weighted by molar-refractivity contribution is 7.86. The second-order valence-electron chi connectivity index (χ2n) is 6.81. The Morgan fingerprint density at radius 1 is 0.810 bits per heavy atom. The predicted octanol–water partition coefficient (Wildman–Crippen LogP) is 1.91. The van der Waals surface area contributed by atoms with Gasteiger partial charge in [0.05, 0.1) is 0 Å². The van der Waals surface area contributed by atoms with Crippen LogP contribution in [0.5, 0.6) is 0 Å². The van der Waals surface area contributed by atoms with E-state index in [1.54, 1.807) is 15.7 Å². The Labute approximate surface area is 130 Å². The second kappa shape index (κ2) is 7.40. The quantitative estimate of drug-likeness (QED) is 0.720. The molecule has 2 aliphatic carbocycles. The zero-order chi connectivity index (χ0) is 15.5. The van der Waals surface area contributed by atoms with E-state index in [0.29, 0.717) is 6.54 Å². The maximum absolute atomic E-state index is 13.1. The Balaban J connectivity index is 2.12. The summed E-state index contributed by atoms with van der Waals surface area (Å²) in [5, 5.41) is 0. The van der Waals surface area contributed by atoms with E-state index in [1.165, 1.54) is 0 Å². The highest BCUT2D eigenvalue weighted by Gasteiger charge is 2.37. The molecule has 2 saturated carbocycles. The molecule has 0 N–H and O–H groups in total. The summed E-state index contributed by atoms with van der Waals surface area (Å²) in [5.41, 5.74) is 0. The van der Waals surface area contributed by atoms with Crippen LogP contribution in [-0.4, -0.2) is 68.2 Å². The van der Waals surface area contributed by atoms with Gasteiger partial charge in [0, 0.05) is 32.2 Å². The molecule has 0 aromatic heterocycles. The van der Waals surface area contributed by atoms with Crippen LogP contribution in [0.15, 0.2) is 0 Å². The number of hydrogen-bond donors (Lipinski definition) is 0. The van der Waals surface area contributed by atoms with Crippen molar-refractivity contribution in [2.75, 3.05) is 34.2 Å². The van der Waals surface area contributed by atoms with Gasteiger partial charge in [-0.25, -0.2) is 0 Å². The summed E-state index contributed by atoms with van der Waals surface area (Å²) in [7, 11) is 2.46. The van der Waals surface area contributed by atoms with Gasteiger partial charge in [0.1, 0.15) is 0 Å². The highest BCUT2D eigenvalue weighted by Crippen LogP contribution is 2.30. The first-order chi connectivity index (χ1) is 9.93. The molecule has 6 heteroatoms.